The van der Waals surface area contributed by atoms with E-state index in [-0.39, 0.29) is 46.6 Å². The van der Waals surface area contributed by atoms with E-state index in [4.69, 9.17) is 21.1 Å². The van der Waals surface area contributed by atoms with E-state index >= 15 is 4.39 Å². The van der Waals surface area contributed by atoms with Crippen molar-refractivity contribution in [2.45, 2.75) is 5.72 Å². The quantitative estimate of drug-likeness (QED) is 0.331. The molecule has 1 aliphatic heterocycles. The van der Waals surface area contributed by atoms with E-state index in [1.54, 1.807) is 42.5 Å². The third-order valence-corrected chi connectivity index (χ3v) is 6.15. The van der Waals surface area contributed by atoms with E-state index in [1.165, 1.54) is 25.3 Å². The fourth-order valence-corrected chi connectivity index (χ4v) is 4.40. The summed E-state index contributed by atoms with van der Waals surface area (Å²) in [6, 6.07) is 15.5. The molecule has 0 radical (unpaired) electrons. The van der Waals surface area contributed by atoms with Crippen LogP contribution >= 0.6 is 11.6 Å². The summed E-state index contributed by atoms with van der Waals surface area (Å²) in [6.07, 6.45) is -0.720. The standard InChI is InChI=1S/C25H20ClFN4O5/c1-35-11-12-36-24(33)30-23-28-18-10-9-14(13-19(18)29-23)25(34)16-6-3-2-5-15(16)22(32)31(25)20-8-4-7-17(26)21(20)27/h2-10,13,34H,11-12H2,1H3,(H2,28,29,30,33). The van der Waals surface area contributed by atoms with Gasteiger partial charge in [0.25, 0.3) is 5.91 Å². The van der Waals surface area contributed by atoms with Crippen molar-refractivity contribution in [2.75, 3.05) is 30.5 Å². The monoisotopic (exact) mass is 510 g/mol. The number of carbonyl (C=O) groups excluding carboxylic acids is 2. The summed E-state index contributed by atoms with van der Waals surface area (Å²) in [4.78, 5) is 33.6. The van der Waals surface area contributed by atoms with Gasteiger partial charge in [-0.05, 0) is 30.3 Å². The zero-order chi connectivity index (χ0) is 25.4. The Hall–Kier alpha value is -3.99. The number of aliphatic hydroxyl groups is 1. The number of H-pyrrole nitrogens is 1. The fraction of sp³-hybridized carbons (Fsp3) is 0.160. The van der Waals surface area contributed by atoms with Crippen LogP contribution < -0.4 is 10.2 Å². The molecule has 0 spiro atoms. The van der Waals surface area contributed by atoms with Gasteiger partial charge in [0, 0.05) is 23.8 Å². The van der Waals surface area contributed by atoms with E-state index in [1.807, 2.05) is 0 Å². The summed E-state index contributed by atoms with van der Waals surface area (Å²) in [6.45, 7) is 0.322. The number of methoxy groups -OCH3 is 1. The molecule has 1 atom stereocenters. The number of hydrogen-bond donors (Lipinski definition) is 3. The highest BCUT2D eigenvalue weighted by Gasteiger charge is 2.51. The van der Waals surface area contributed by atoms with Crippen LogP contribution in [0.2, 0.25) is 5.02 Å². The maximum Gasteiger partial charge on any atom is 0.414 e. The summed E-state index contributed by atoms with van der Waals surface area (Å²) >= 11 is 5.99. The highest BCUT2D eigenvalue weighted by Crippen LogP contribution is 2.46. The SMILES string of the molecule is COCCOC(=O)Nc1nc2ccc(C3(O)c4ccccc4C(=O)N3c3cccc(Cl)c3F)cc2[nH]1. The molecule has 9 nitrogen and oxygen atoms in total. The highest BCUT2D eigenvalue weighted by atomic mass is 35.5. The molecule has 2 amide bonds. The van der Waals surface area contributed by atoms with E-state index in [2.05, 4.69) is 15.3 Å². The predicted octanol–water partition coefficient (Wildman–Crippen LogP) is 4.40. The second kappa shape index (κ2) is 9.23. The lowest BCUT2D eigenvalue weighted by Gasteiger charge is -2.35. The number of aromatic amines is 1. The predicted molar refractivity (Wildman–Crippen MR) is 131 cm³/mol. The van der Waals surface area contributed by atoms with E-state index < -0.39 is 23.5 Å². The van der Waals surface area contributed by atoms with Gasteiger partial charge in [0.2, 0.25) is 5.95 Å². The Kier molecular flexibility index (Phi) is 6.09. The van der Waals surface area contributed by atoms with Crippen LogP contribution in [0.1, 0.15) is 21.5 Å². The molecule has 0 saturated heterocycles. The highest BCUT2D eigenvalue weighted by molar-refractivity contribution is 6.31. The molecule has 36 heavy (non-hydrogen) atoms. The first-order valence-corrected chi connectivity index (χ1v) is 11.3. The number of benzene rings is 3. The van der Waals surface area contributed by atoms with Gasteiger partial charge < -0.3 is 19.6 Å². The second-order valence-corrected chi connectivity index (χ2v) is 8.41. The van der Waals surface area contributed by atoms with Crippen molar-refractivity contribution in [2.24, 2.45) is 0 Å². The number of fused-ring (bicyclic) bond motifs is 2. The van der Waals surface area contributed by atoms with Crippen molar-refractivity contribution in [1.29, 1.82) is 0 Å². The zero-order valence-electron chi connectivity index (χ0n) is 18.9. The van der Waals surface area contributed by atoms with Crippen LogP contribution in [0.15, 0.2) is 60.7 Å². The number of halogens is 2. The summed E-state index contributed by atoms with van der Waals surface area (Å²) in [5.74, 6) is -1.29. The van der Waals surface area contributed by atoms with Gasteiger partial charge in [-0.1, -0.05) is 41.9 Å². The molecule has 0 fully saturated rings. The van der Waals surface area contributed by atoms with Crippen LogP contribution in [0.4, 0.5) is 20.8 Å². The first kappa shape index (κ1) is 23.7. The molecule has 0 aliphatic carbocycles. The van der Waals surface area contributed by atoms with Crippen molar-refractivity contribution in [3.8, 4) is 0 Å². The third kappa shape index (κ3) is 3.85. The number of nitrogens with one attached hydrogen (secondary N) is 2. The van der Waals surface area contributed by atoms with Gasteiger partial charge in [-0.2, -0.15) is 0 Å². The van der Waals surface area contributed by atoms with E-state index in [0.29, 0.717) is 11.0 Å². The van der Waals surface area contributed by atoms with Crippen LogP contribution in [0.3, 0.4) is 0 Å². The average Bonchev–Trinajstić information content (AvgIpc) is 3.37. The number of anilines is 2. The molecule has 11 heteroatoms. The van der Waals surface area contributed by atoms with Crippen LogP contribution in [0.25, 0.3) is 11.0 Å². The third-order valence-electron chi connectivity index (χ3n) is 5.86. The van der Waals surface area contributed by atoms with Crippen molar-refractivity contribution >= 4 is 46.3 Å². The minimum Gasteiger partial charge on any atom is -0.447 e. The Balaban J connectivity index is 1.58. The molecule has 2 heterocycles. The summed E-state index contributed by atoms with van der Waals surface area (Å²) in [5.41, 5.74) is -0.504. The van der Waals surface area contributed by atoms with Crippen LogP contribution in [0.5, 0.6) is 0 Å². The van der Waals surface area contributed by atoms with Gasteiger partial charge in [0.05, 0.1) is 28.4 Å². The number of imidazole rings is 1. The smallest absolute Gasteiger partial charge is 0.414 e. The summed E-state index contributed by atoms with van der Waals surface area (Å²) < 4.78 is 24.9. The van der Waals surface area contributed by atoms with Crippen molar-refractivity contribution in [3.05, 3.63) is 88.2 Å². The van der Waals surface area contributed by atoms with Gasteiger partial charge >= 0.3 is 6.09 Å². The van der Waals surface area contributed by atoms with Crippen molar-refractivity contribution in [3.63, 3.8) is 0 Å². The van der Waals surface area contributed by atoms with Gasteiger partial charge in [-0.25, -0.2) is 14.2 Å². The maximum atomic E-state index is 15.1. The lowest BCUT2D eigenvalue weighted by molar-refractivity contribution is 0.0699. The number of ether oxygens (including phenoxy) is 2. The van der Waals surface area contributed by atoms with Crippen LogP contribution in [0, 0.1) is 5.82 Å². The number of amides is 2. The van der Waals surface area contributed by atoms with Crippen LogP contribution in [-0.4, -0.2) is 47.4 Å². The van der Waals surface area contributed by atoms with Crippen LogP contribution in [-0.2, 0) is 15.2 Å². The van der Waals surface area contributed by atoms with Crippen molar-refractivity contribution < 1.29 is 28.6 Å². The number of hydrogen-bond acceptors (Lipinski definition) is 6. The molecule has 0 bridgehead atoms. The Morgan fingerprint density at radius 1 is 1.19 bits per heavy atom. The average molecular weight is 511 g/mol. The van der Waals surface area contributed by atoms with Gasteiger partial charge in [-0.3, -0.25) is 15.0 Å². The number of carbonyl (C=O) groups is 2. The lowest BCUT2D eigenvalue weighted by atomic mass is 9.93. The molecule has 3 N–H and O–H groups in total. The minimum absolute atomic E-state index is 0.0725. The molecule has 184 valence electrons. The molecule has 0 saturated carbocycles. The lowest BCUT2D eigenvalue weighted by Crippen LogP contribution is -2.45. The first-order valence-electron chi connectivity index (χ1n) is 10.9. The Morgan fingerprint density at radius 3 is 2.81 bits per heavy atom. The van der Waals surface area contributed by atoms with E-state index in [9.17, 15) is 14.7 Å². The molecule has 5 rings (SSSR count). The zero-order valence-corrected chi connectivity index (χ0v) is 19.7. The summed E-state index contributed by atoms with van der Waals surface area (Å²) in [7, 11) is 1.49. The fourth-order valence-electron chi connectivity index (χ4n) is 4.23. The van der Waals surface area contributed by atoms with E-state index in [0.717, 1.165) is 4.90 Å². The minimum atomic E-state index is -2.05. The first-order chi connectivity index (χ1) is 17.3. The molecule has 4 aromatic rings. The van der Waals surface area contributed by atoms with Gasteiger partial charge in [0.1, 0.15) is 6.61 Å². The summed E-state index contributed by atoms with van der Waals surface area (Å²) in [5, 5.41) is 14.4. The Labute approximate surface area is 209 Å². The second-order valence-electron chi connectivity index (χ2n) is 8.00. The number of nitrogens with zero attached hydrogens (tertiary/aromatic N) is 2. The molecular formula is C25H20ClFN4O5. The maximum absolute atomic E-state index is 15.1. The van der Waals surface area contributed by atoms with Gasteiger partial charge in [-0.15, -0.1) is 0 Å². The topological polar surface area (TPSA) is 117 Å². The normalized spacial score (nSPS) is 16.9. The molecule has 1 unspecified atom stereocenters. The van der Waals surface area contributed by atoms with Gasteiger partial charge in [0.15, 0.2) is 11.5 Å². The Bertz CT molecular complexity index is 1490. The van der Waals surface area contributed by atoms with Crippen molar-refractivity contribution in [1.82, 2.24) is 9.97 Å². The Morgan fingerprint density at radius 2 is 2.00 bits per heavy atom. The number of aromatic nitrogens is 2. The molecule has 1 aliphatic rings. The largest absolute Gasteiger partial charge is 0.447 e. The number of rotatable bonds is 6. The molecular weight excluding hydrogens is 491 g/mol. The molecule has 1 aromatic heterocycles. The molecule has 3 aromatic carbocycles.